The van der Waals surface area contributed by atoms with Crippen LogP contribution in [0, 0.1) is 0 Å². The van der Waals surface area contributed by atoms with Crippen LogP contribution < -0.4 is 10.1 Å². The molecule has 3 rings (SSSR count). The summed E-state index contributed by atoms with van der Waals surface area (Å²) < 4.78 is 6.00. The van der Waals surface area contributed by atoms with E-state index in [2.05, 4.69) is 48.1 Å². The Hall–Kier alpha value is -2.59. The van der Waals surface area contributed by atoms with Crippen molar-refractivity contribution in [3.05, 3.63) is 60.8 Å². The second-order valence-electron chi connectivity index (χ2n) is 7.17. The topological polar surface area (TPSA) is 37.4 Å². The summed E-state index contributed by atoms with van der Waals surface area (Å²) in [5.74, 6) is 1.66. The number of ether oxygens (including phenoxy) is 1. The smallest absolute Gasteiger partial charge is 0.128 e. The Bertz CT molecular complexity index is 862. The van der Waals surface area contributed by atoms with Crippen LogP contribution in [0.1, 0.15) is 33.6 Å². The number of benzene rings is 2. The molecule has 0 fully saturated rings. The van der Waals surface area contributed by atoms with E-state index in [0.29, 0.717) is 6.04 Å². The molecular weight excluding hydrogens is 346 g/mol. The number of nitrogens with one attached hydrogen (secondary N) is 1. The molecule has 0 bridgehead atoms. The second-order valence-corrected chi connectivity index (χ2v) is 7.17. The van der Waals surface area contributed by atoms with E-state index in [1.165, 1.54) is 6.42 Å². The summed E-state index contributed by atoms with van der Waals surface area (Å²) >= 11 is 0. The third-order valence-corrected chi connectivity index (χ3v) is 5.10. The number of pyridine rings is 1. The first-order valence-electron chi connectivity index (χ1n) is 10.3. The largest absolute Gasteiger partial charge is 0.457 e. The van der Waals surface area contributed by atoms with Crippen LogP contribution in [0.4, 0.5) is 5.69 Å². The lowest BCUT2D eigenvalue weighted by atomic mass is 10.1. The molecule has 1 aromatic heterocycles. The molecule has 0 aliphatic heterocycles. The molecule has 28 heavy (non-hydrogen) atoms. The van der Waals surface area contributed by atoms with Gasteiger partial charge >= 0.3 is 0 Å². The zero-order chi connectivity index (χ0) is 19.8. The SMILES string of the molecule is CCN(CC)CCCC(C)Nc1ccnc2ccc(Oc3ccccc3)cc12. The third kappa shape index (κ3) is 5.46. The maximum absolute atomic E-state index is 6.00. The quantitative estimate of drug-likeness (QED) is 0.474. The first kappa shape index (κ1) is 20.2. The van der Waals surface area contributed by atoms with Gasteiger partial charge in [-0.25, -0.2) is 0 Å². The number of hydrogen-bond acceptors (Lipinski definition) is 4. The summed E-state index contributed by atoms with van der Waals surface area (Å²) in [4.78, 5) is 6.98. The van der Waals surface area contributed by atoms with E-state index < -0.39 is 0 Å². The molecule has 0 aliphatic rings. The van der Waals surface area contributed by atoms with Gasteiger partial charge in [0.2, 0.25) is 0 Å². The highest BCUT2D eigenvalue weighted by Crippen LogP contribution is 2.29. The fourth-order valence-corrected chi connectivity index (χ4v) is 3.44. The maximum Gasteiger partial charge on any atom is 0.128 e. The van der Waals surface area contributed by atoms with Crippen LogP contribution >= 0.6 is 0 Å². The molecule has 1 heterocycles. The lowest BCUT2D eigenvalue weighted by Crippen LogP contribution is -2.25. The molecule has 148 valence electrons. The average Bonchev–Trinajstić information content (AvgIpc) is 2.72. The van der Waals surface area contributed by atoms with Crippen LogP contribution in [0.2, 0.25) is 0 Å². The molecule has 1 atom stereocenters. The highest BCUT2D eigenvalue weighted by atomic mass is 16.5. The van der Waals surface area contributed by atoms with E-state index in [4.69, 9.17) is 4.74 Å². The van der Waals surface area contributed by atoms with E-state index in [1.807, 2.05) is 48.7 Å². The van der Waals surface area contributed by atoms with E-state index in [9.17, 15) is 0 Å². The first-order chi connectivity index (χ1) is 13.7. The molecule has 0 radical (unpaired) electrons. The molecule has 2 aromatic carbocycles. The summed E-state index contributed by atoms with van der Waals surface area (Å²) in [5.41, 5.74) is 2.08. The summed E-state index contributed by atoms with van der Waals surface area (Å²) in [6, 6.07) is 18.4. The number of nitrogens with zero attached hydrogens (tertiary/aromatic N) is 2. The van der Waals surface area contributed by atoms with Gasteiger partial charge in [-0.1, -0.05) is 32.0 Å². The Balaban J connectivity index is 1.69. The van der Waals surface area contributed by atoms with Crippen molar-refractivity contribution < 1.29 is 4.74 Å². The molecule has 3 aromatic rings. The number of fused-ring (bicyclic) bond motifs is 1. The summed E-state index contributed by atoms with van der Waals surface area (Å²) in [7, 11) is 0. The number of para-hydroxylation sites is 1. The minimum Gasteiger partial charge on any atom is -0.457 e. The summed E-state index contributed by atoms with van der Waals surface area (Å²) in [6.07, 6.45) is 4.20. The van der Waals surface area contributed by atoms with E-state index in [0.717, 1.165) is 54.1 Å². The third-order valence-electron chi connectivity index (χ3n) is 5.10. The molecule has 4 heteroatoms. The zero-order valence-electron chi connectivity index (χ0n) is 17.2. The normalized spacial score (nSPS) is 12.3. The molecule has 1 unspecified atom stereocenters. The fraction of sp³-hybridized carbons (Fsp3) is 0.375. The van der Waals surface area contributed by atoms with Gasteiger partial charge in [-0.2, -0.15) is 0 Å². The first-order valence-corrected chi connectivity index (χ1v) is 10.3. The molecule has 4 nitrogen and oxygen atoms in total. The Morgan fingerprint density at radius 2 is 1.79 bits per heavy atom. The maximum atomic E-state index is 6.00. The minimum atomic E-state index is 0.403. The zero-order valence-corrected chi connectivity index (χ0v) is 17.2. The van der Waals surface area contributed by atoms with E-state index >= 15 is 0 Å². The van der Waals surface area contributed by atoms with Gasteiger partial charge in [-0.15, -0.1) is 0 Å². The van der Waals surface area contributed by atoms with Gasteiger partial charge in [0, 0.05) is 23.3 Å². The Kier molecular flexibility index (Phi) is 7.26. The predicted molar refractivity (Wildman–Crippen MR) is 118 cm³/mol. The standard InChI is InChI=1S/C24H31N3O/c1-4-27(5-2)17-9-10-19(3)26-24-15-16-25-23-14-13-21(18-22(23)24)28-20-11-7-6-8-12-20/h6-8,11-16,18-19H,4-5,9-10,17H2,1-3H3,(H,25,26). The molecule has 0 saturated carbocycles. The van der Waals surface area contributed by atoms with Crippen LogP contribution in [0.5, 0.6) is 11.5 Å². The molecule has 0 aliphatic carbocycles. The minimum absolute atomic E-state index is 0.403. The number of aromatic nitrogens is 1. The molecule has 0 spiro atoms. The number of rotatable bonds is 10. The summed E-state index contributed by atoms with van der Waals surface area (Å²) in [5, 5.41) is 4.76. The Morgan fingerprint density at radius 1 is 1.00 bits per heavy atom. The van der Waals surface area contributed by atoms with Crippen LogP contribution in [-0.2, 0) is 0 Å². The molecule has 0 saturated heterocycles. The molecular formula is C24H31N3O. The van der Waals surface area contributed by atoms with Crippen LogP contribution in [-0.4, -0.2) is 35.6 Å². The van der Waals surface area contributed by atoms with E-state index in [-0.39, 0.29) is 0 Å². The van der Waals surface area contributed by atoms with Crippen molar-refractivity contribution in [3.63, 3.8) is 0 Å². The van der Waals surface area contributed by atoms with Gasteiger partial charge in [0.25, 0.3) is 0 Å². The average molecular weight is 378 g/mol. The lowest BCUT2D eigenvalue weighted by molar-refractivity contribution is 0.295. The highest BCUT2D eigenvalue weighted by molar-refractivity contribution is 5.92. The van der Waals surface area contributed by atoms with Gasteiger partial charge in [-0.05, 0) is 75.8 Å². The van der Waals surface area contributed by atoms with Crippen molar-refractivity contribution >= 4 is 16.6 Å². The monoisotopic (exact) mass is 377 g/mol. The van der Waals surface area contributed by atoms with Crippen molar-refractivity contribution in [2.24, 2.45) is 0 Å². The lowest BCUT2D eigenvalue weighted by Gasteiger charge is -2.21. The van der Waals surface area contributed by atoms with Crippen LogP contribution in [0.25, 0.3) is 10.9 Å². The fourth-order valence-electron chi connectivity index (χ4n) is 3.44. The van der Waals surface area contributed by atoms with Crippen molar-refractivity contribution in [1.82, 2.24) is 9.88 Å². The predicted octanol–water partition coefficient (Wildman–Crippen LogP) is 5.95. The van der Waals surface area contributed by atoms with Gasteiger partial charge in [0.05, 0.1) is 5.52 Å². The van der Waals surface area contributed by atoms with E-state index in [1.54, 1.807) is 0 Å². The van der Waals surface area contributed by atoms with Crippen molar-refractivity contribution in [3.8, 4) is 11.5 Å². The number of anilines is 1. The van der Waals surface area contributed by atoms with Crippen molar-refractivity contribution in [2.75, 3.05) is 25.0 Å². The molecule has 0 amide bonds. The van der Waals surface area contributed by atoms with Gasteiger partial charge in [0.15, 0.2) is 0 Å². The van der Waals surface area contributed by atoms with Gasteiger partial charge < -0.3 is 15.0 Å². The van der Waals surface area contributed by atoms with Gasteiger partial charge in [0.1, 0.15) is 11.5 Å². The highest BCUT2D eigenvalue weighted by Gasteiger charge is 2.09. The Labute approximate surface area is 168 Å². The summed E-state index contributed by atoms with van der Waals surface area (Å²) in [6.45, 7) is 10.1. The van der Waals surface area contributed by atoms with Gasteiger partial charge in [-0.3, -0.25) is 4.98 Å². The second kappa shape index (κ2) is 10.1. The molecule has 1 N–H and O–H groups in total. The van der Waals surface area contributed by atoms with Crippen molar-refractivity contribution in [2.45, 2.75) is 39.7 Å². The van der Waals surface area contributed by atoms with Crippen LogP contribution in [0.15, 0.2) is 60.8 Å². The Morgan fingerprint density at radius 3 is 2.54 bits per heavy atom. The number of hydrogen-bond donors (Lipinski definition) is 1. The van der Waals surface area contributed by atoms with Crippen LogP contribution in [0.3, 0.4) is 0 Å². The van der Waals surface area contributed by atoms with Crippen molar-refractivity contribution in [1.29, 1.82) is 0 Å².